The lowest BCUT2D eigenvalue weighted by atomic mass is 10.4. The summed E-state index contributed by atoms with van der Waals surface area (Å²) in [5.41, 5.74) is 0. The van der Waals surface area contributed by atoms with Crippen molar-refractivity contribution in [3.05, 3.63) is 0 Å². The standard InChI is InChI=1S/C10H18ClN3O3/c11-7-9(15)13-8-10(16)12-1-2-14-3-5-17-6-4-14/h1-8H2,(H,12,16)(H,13,15). The number of hydrogen-bond acceptors (Lipinski definition) is 4. The van der Waals surface area contributed by atoms with Gasteiger partial charge in [0, 0.05) is 26.2 Å². The molecule has 98 valence electrons. The van der Waals surface area contributed by atoms with Crippen LogP contribution in [0, 0.1) is 0 Å². The minimum Gasteiger partial charge on any atom is -0.379 e. The molecule has 0 radical (unpaired) electrons. The third-order valence-electron chi connectivity index (χ3n) is 2.42. The average Bonchev–Trinajstić information content (AvgIpc) is 2.37. The number of amides is 2. The van der Waals surface area contributed by atoms with Gasteiger partial charge in [-0.3, -0.25) is 14.5 Å². The highest BCUT2D eigenvalue weighted by atomic mass is 35.5. The Bertz CT molecular complexity index is 257. The molecular formula is C10H18ClN3O3. The number of nitrogens with zero attached hydrogens (tertiary/aromatic N) is 1. The van der Waals surface area contributed by atoms with E-state index in [9.17, 15) is 9.59 Å². The molecule has 0 aromatic heterocycles. The van der Waals surface area contributed by atoms with Gasteiger partial charge >= 0.3 is 0 Å². The van der Waals surface area contributed by atoms with Crippen molar-refractivity contribution in [3.8, 4) is 0 Å². The molecule has 1 aliphatic heterocycles. The van der Waals surface area contributed by atoms with Crippen molar-refractivity contribution < 1.29 is 14.3 Å². The van der Waals surface area contributed by atoms with Crippen LogP contribution >= 0.6 is 11.6 Å². The van der Waals surface area contributed by atoms with Gasteiger partial charge in [-0.1, -0.05) is 0 Å². The van der Waals surface area contributed by atoms with Crippen molar-refractivity contribution in [1.29, 1.82) is 0 Å². The molecule has 1 saturated heterocycles. The van der Waals surface area contributed by atoms with Crippen LogP contribution in [0.1, 0.15) is 0 Å². The molecule has 1 heterocycles. The number of rotatable bonds is 6. The molecule has 2 amide bonds. The van der Waals surface area contributed by atoms with Crippen molar-refractivity contribution in [2.75, 3.05) is 51.8 Å². The molecule has 0 saturated carbocycles. The molecule has 0 atom stereocenters. The monoisotopic (exact) mass is 263 g/mol. The number of carbonyl (C=O) groups excluding carboxylic acids is 2. The summed E-state index contributed by atoms with van der Waals surface area (Å²) in [4.78, 5) is 24.3. The molecule has 0 aromatic rings. The molecule has 6 nitrogen and oxygen atoms in total. The quantitative estimate of drug-likeness (QED) is 0.590. The maximum Gasteiger partial charge on any atom is 0.239 e. The number of nitrogens with one attached hydrogen (secondary N) is 2. The van der Waals surface area contributed by atoms with E-state index in [1.165, 1.54) is 0 Å². The van der Waals surface area contributed by atoms with Gasteiger partial charge in [-0.15, -0.1) is 11.6 Å². The molecule has 2 N–H and O–H groups in total. The summed E-state index contributed by atoms with van der Waals surface area (Å²) < 4.78 is 5.22. The Morgan fingerprint density at radius 2 is 1.88 bits per heavy atom. The highest BCUT2D eigenvalue weighted by molar-refractivity contribution is 6.27. The lowest BCUT2D eigenvalue weighted by Gasteiger charge is -2.26. The van der Waals surface area contributed by atoms with Crippen LogP contribution in [0.3, 0.4) is 0 Å². The van der Waals surface area contributed by atoms with Gasteiger partial charge in [-0.2, -0.15) is 0 Å². The number of carbonyl (C=O) groups is 2. The van der Waals surface area contributed by atoms with Gasteiger partial charge in [0.05, 0.1) is 19.8 Å². The predicted octanol–water partition coefficient (Wildman–Crippen LogP) is -1.21. The maximum atomic E-state index is 11.3. The Morgan fingerprint density at radius 3 is 2.53 bits per heavy atom. The van der Waals surface area contributed by atoms with Crippen molar-refractivity contribution in [1.82, 2.24) is 15.5 Å². The first-order valence-corrected chi connectivity index (χ1v) is 6.15. The fraction of sp³-hybridized carbons (Fsp3) is 0.800. The number of alkyl halides is 1. The van der Waals surface area contributed by atoms with Gasteiger partial charge in [0.15, 0.2) is 0 Å². The summed E-state index contributed by atoms with van der Waals surface area (Å²) in [6.45, 7) is 4.67. The average molecular weight is 264 g/mol. The van der Waals surface area contributed by atoms with Crippen molar-refractivity contribution in [3.63, 3.8) is 0 Å². The number of morpholine rings is 1. The molecular weight excluding hydrogens is 246 g/mol. The molecule has 0 aromatic carbocycles. The third kappa shape index (κ3) is 6.45. The predicted molar refractivity (Wildman–Crippen MR) is 64.0 cm³/mol. The van der Waals surface area contributed by atoms with E-state index >= 15 is 0 Å². The Morgan fingerprint density at radius 1 is 1.18 bits per heavy atom. The molecule has 1 aliphatic rings. The normalized spacial score (nSPS) is 16.5. The maximum absolute atomic E-state index is 11.3. The van der Waals surface area contributed by atoms with E-state index in [1.54, 1.807) is 0 Å². The van der Waals surface area contributed by atoms with Crippen LogP contribution in [-0.4, -0.2) is 68.5 Å². The molecule has 0 aliphatic carbocycles. The summed E-state index contributed by atoms with van der Waals surface area (Å²) in [5.74, 6) is -0.659. The van der Waals surface area contributed by atoms with E-state index in [1.807, 2.05) is 0 Å². The number of ether oxygens (including phenoxy) is 1. The second-order valence-corrected chi connectivity index (χ2v) is 3.98. The first-order chi connectivity index (χ1) is 8.22. The topological polar surface area (TPSA) is 70.7 Å². The molecule has 0 unspecified atom stereocenters. The zero-order valence-electron chi connectivity index (χ0n) is 9.71. The highest BCUT2D eigenvalue weighted by Crippen LogP contribution is 1.94. The van der Waals surface area contributed by atoms with Gasteiger partial charge in [0.2, 0.25) is 11.8 Å². The summed E-state index contributed by atoms with van der Waals surface area (Å²) in [6.07, 6.45) is 0. The molecule has 1 fully saturated rings. The highest BCUT2D eigenvalue weighted by Gasteiger charge is 2.10. The smallest absolute Gasteiger partial charge is 0.239 e. The first kappa shape index (κ1) is 14.2. The SMILES string of the molecule is O=C(CCl)NCC(=O)NCCN1CCOCC1. The van der Waals surface area contributed by atoms with E-state index in [2.05, 4.69) is 15.5 Å². The number of halogens is 1. The van der Waals surface area contributed by atoms with Crippen LogP contribution in [-0.2, 0) is 14.3 Å². The fourth-order valence-electron chi connectivity index (χ4n) is 1.47. The van der Waals surface area contributed by atoms with Gasteiger partial charge in [-0.05, 0) is 0 Å². The summed E-state index contributed by atoms with van der Waals surface area (Å²) >= 11 is 5.28. The second kappa shape index (κ2) is 8.27. The van der Waals surface area contributed by atoms with E-state index in [0.717, 1.165) is 32.8 Å². The summed E-state index contributed by atoms with van der Waals surface area (Å²) in [7, 11) is 0. The van der Waals surface area contributed by atoms with Gasteiger partial charge in [-0.25, -0.2) is 0 Å². The molecule has 17 heavy (non-hydrogen) atoms. The molecule has 7 heteroatoms. The molecule has 1 rings (SSSR count). The Kier molecular flexibility index (Phi) is 6.91. The molecule has 0 spiro atoms. The summed E-state index contributed by atoms with van der Waals surface area (Å²) in [5, 5.41) is 5.13. The van der Waals surface area contributed by atoms with Crippen LogP contribution in [0.5, 0.6) is 0 Å². The Hall–Kier alpha value is -0.850. The fourth-order valence-corrected chi connectivity index (χ4v) is 1.56. The largest absolute Gasteiger partial charge is 0.379 e. The zero-order valence-corrected chi connectivity index (χ0v) is 10.5. The molecule has 0 bridgehead atoms. The lowest BCUT2D eigenvalue weighted by Crippen LogP contribution is -2.43. The van der Waals surface area contributed by atoms with E-state index in [-0.39, 0.29) is 24.2 Å². The zero-order chi connectivity index (χ0) is 12.5. The van der Waals surface area contributed by atoms with Crippen molar-refractivity contribution in [2.45, 2.75) is 0 Å². The number of hydrogen-bond donors (Lipinski definition) is 2. The van der Waals surface area contributed by atoms with Crippen LogP contribution in [0.15, 0.2) is 0 Å². The Balaban J connectivity index is 2.01. The van der Waals surface area contributed by atoms with Crippen LogP contribution in [0.4, 0.5) is 0 Å². The van der Waals surface area contributed by atoms with Crippen LogP contribution in [0.2, 0.25) is 0 Å². The third-order valence-corrected chi connectivity index (χ3v) is 2.66. The van der Waals surface area contributed by atoms with Gasteiger partial charge in [0.1, 0.15) is 5.88 Å². The van der Waals surface area contributed by atoms with Gasteiger partial charge in [0.25, 0.3) is 0 Å². The minimum absolute atomic E-state index is 0.0192. The van der Waals surface area contributed by atoms with E-state index in [0.29, 0.717) is 6.54 Å². The van der Waals surface area contributed by atoms with Crippen LogP contribution < -0.4 is 10.6 Å². The van der Waals surface area contributed by atoms with Crippen molar-refractivity contribution in [2.24, 2.45) is 0 Å². The van der Waals surface area contributed by atoms with Crippen LogP contribution in [0.25, 0.3) is 0 Å². The first-order valence-electron chi connectivity index (χ1n) is 5.62. The van der Waals surface area contributed by atoms with E-state index < -0.39 is 0 Å². The lowest BCUT2D eigenvalue weighted by molar-refractivity contribution is -0.124. The van der Waals surface area contributed by atoms with Crippen molar-refractivity contribution >= 4 is 23.4 Å². The summed E-state index contributed by atoms with van der Waals surface area (Å²) in [6, 6.07) is 0. The van der Waals surface area contributed by atoms with Gasteiger partial charge < -0.3 is 15.4 Å². The second-order valence-electron chi connectivity index (χ2n) is 3.71. The Labute approximate surface area is 106 Å². The minimum atomic E-state index is -0.338. The van der Waals surface area contributed by atoms with E-state index in [4.69, 9.17) is 16.3 Å².